The zero-order valence-corrected chi connectivity index (χ0v) is 12.5. The van der Waals surface area contributed by atoms with Crippen LogP contribution >= 0.6 is 38.5 Å². The molecule has 0 aliphatic rings. The van der Waals surface area contributed by atoms with Crippen molar-refractivity contribution in [2.75, 3.05) is 0 Å². The van der Waals surface area contributed by atoms with Crippen LogP contribution in [-0.4, -0.2) is 4.92 Å². The smallest absolute Gasteiger partial charge is 0.258 e. The van der Waals surface area contributed by atoms with Gasteiger partial charge in [0.2, 0.25) is 0 Å². The molecule has 2 aromatic carbocycles. The number of halogens is 2. The Bertz CT molecular complexity index is 491. The van der Waals surface area contributed by atoms with Gasteiger partial charge in [-0.2, -0.15) is 0 Å². The zero-order chi connectivity index (χ0) is 12.7. The summed E-state index contributed by atoms with van der Waals surface area (Å²) in [4.78, 5) is 9.77. The molecule has 0 atom stereocenters. The van der Waals surface area contributed by atoms with Gasteiger partial charge in [-0.1, -0.05) is 30.3 Å². The molecule has 2 rings (SSSR count). The number of para-hydroxylation sites is 1. The van der Waals surface area contributed by atoms with Crippen molar-refractivity contribution in [3.63, 3.8) is 0 Å². The van der Waals surface area contributed by atoms with Gasteiger partial charge in [0.25, 0.3) is 5.69 Å². The second-order valence-corrected chi connectivity index (χ2v) is 5.10. The first kappa shape index (κ1) is 14.1. The first-order valence-corrected chi connectivity index (χ1v) is 6.58. The van der Waals surface area contributed by atoms with E-state index in [1.54, 1.807) is 18.2 Å². The fourth-order valence-electron chi connectivity index (χ4n) is 1.01. The summed E-state index contributed by atoms with van der Waals surface area (Å²) in [5.74, 6) is 0. The van der Waals surface area contributed by atoms with Crippen molar-refractivity contribution in [1.29, 1.82) is 0 Å². The maximum atomic E-state index is 10.2. The molecule has 0 spiro atoms. The van der Waals surface area contributed by atoms with E-state index in [-0.39, 0.29) is 5.69 Å². The van der Waals surface area contributed by atoms with E-state index in [1.165, 1.54) is 9.64 Å². The molecule has 2 aromatic rings. The molecule has 3 nitrogen and oxygen atoms in total. The van der Waals surface area contributed by atoms with Crippen LogP contribution in [0.4, 0.5) is 5.69 Å². The number of nitrogens with zero attached hydrogens (tertiary/aromatic N) is 1. The van der Waals surface area contributed by atoms with Gasteiger partial charge < -0.3 is 0 Å². The first-order chi connectivity index (χ1) is 8.11. The van der Waals surface area contributed by atoms with Crippen LogP contribution in [0.5, 0.6) is 0 Å². The van der Waals surface area contributed by atoms with E-state index < -0.39 is 4.92 Å². The average molecular weight is 406 g/mol. The van der Waals surface area contributed by atoms with Crippen LogP contribution in [-0.2, 0) is 0 Å². The van der Waals surface area contributed by atoms with Crippen LogP contribution in [0.3, 0.4) is 0 Å². The molecule has 0 radical (unpaired) electrons. The number of nitro benzene ring substituents is 1. The Hall–Kier alpha value is -0.950. The average Bonchev–Trinajstić information content (AvgIpc) is 2.31. The molecule has 17 heavy (non-hydrogen) atoms. The standard InChI is InChI=1S/C6H4BrNO2.C6H5I/c7-5-3-1-2-4-6(5)8(9)10;7-6-4-2-1-3-5-6/h1-4H;1-5H. The highest BCUT2D eigenvalue weighted by atomic mass is 127. The summed E-state index contributed by atoms with van der Waals surface area (Å²) in [6, 6.07) is 16.7. The largest absolute Gasteiger partial charge is 0.283 e. The van der Waals surface area contributed by atoms with E-state index >= 15 is 0 Å². The lowest BCUT2D eigenvalue weighted by molar-refractivity contribution is -0.385. The van der Waals surface area contributed by atoms with E-state index in [0.717, 1.165) is 0 Å². The summed E-state index contributed by atoms with van der Waals surface area (Å²) < 4.78 is 1.81. The Kier molecular flexibility index (Phi) is 6.13. The molecule has 5 heteroatoms. The maximum Gasteiger partial charge on any atom is 0.283 e. The Morgan fingerprint density at radius 3 is 1.88 bits per heavy atom. The van der Waals surface area contributed by atoms with Gasteiger partial charge in [-0.25, -0.2) is 0 Å². The third kappa shape index (κ3) is 5.27. The third-order valence-electron chi connectivity index (χ3n) is 1.78. The fourth-order valence-corrected chi connectivity index (χ4v) is 1.86. The van der Waals surface area contributed by atoms with E-state index in [1.807, 2.05) is 18.2 Å². The predicted octanol–water partition coefficient (Wildman–Crippen LogP) is 4.65. The quantitative estimate of drug-likeness (QED) is 0.393. The summed E-state index contributed by atoms with van der Waals surface area (Å²) in [6.45, 7) is 0. The van der Waals surface area contributed by atoms with E-state index in [9.17, 15) is 10.1 Å². The Balaban J connectivity index is 0.000000181. The second-order valence-electron chi connectivity index (χ2n) is 3.00. The molecule has 0 heterocycles. The molecule has 0 fully saturated rings. The van der Waals surface area contributed by atoms with Gasteiger partial charge in [-0.15, -0.1) is 0 Å². The van der Waals surface area contributed by atoms with Crippen LogP contribution in [0.1, 0.15) is 0 Å². The number of nitro groups is 1. The molecule has 0 unspecified atom stereocenters. The monoisotopic (exact) mass is 405 g/mol. The molecule has 0 saturated heterocycles. The number of hydrogen-bond donors (Lipinski definition) is 0. The molecule has 0 bridgehead atoms. The van der Waals surface area contributed by atoms with Gasteiger partial charge in [0.15, 0.2) is 0 Å². The van der Waals surface area contributed by atoms with Gasteiger partial charge in [0.1, 0.15) is 0 Å². The van der Waals surface area contributed by atoms with E-state index in [4.69, 9.17) is 0 Å². The normalized spacial score (nSPS) is 9.06. The molecular weight excluding hydrogens is 397 g/mol. The lowest BCUT2D eigenvalue weighted by Gasteiger charge is -1.91. The van der Waals surface area contributed by atoms with Gasteiger partial charge in [-0.05, 0) is 56.7 Å². The summed E-state index contributed by atoms with van der Waals surface area (Å²) in [6.07, 6.45) is 0. The minimum Gasteiger partial charge on any atom is -0.258 e. The summed E-state index contributed by atoms with van der Waals surface area (Å²) in [5.41, 5.74) is 0.0995. The molecule has 0 N–H and O–H groups in total. The molecule has 88 valence electrons. The number of rotatable bonds is 1. The molecule has 0 amide bonds. The van der Waals surface area contributed by atoms with Crippen LogP contribution in [0.2, 0.25) is 0 Å². The Morgan fingerprint density at radius 1 is 1.00 bits per heavy atom. The van der Waals surface area contributed by atoms with E-state index in [2.05, 4.69) is 50.7 Å². The zero-order valence-electron chi connectivity index (χ0n) is 8.72. The van der Waals surface area contributed by atoms with Gasteiger partial charge in [-0.3, -0.25) is 10.1 Å². The van der Waals surface area contributed by atoms with E-state index in [0.29, 0.717) is 4.47 Å². The molecule has 0 aliphatic heterocycles. The van der Waals surface area contributed by atoms with Crippen molar-refractivity contribution in [1.82, 2.24) is 0 Å². The summed E-state index contributed by atoms with van der Waals surface area (Å²) in [7, 11) is 0. The number of hydrogen-bond acceptors (Lipinski definition) is 2. The summed E-state index contributed by atoms with van der Waals surface area (Å²) in [5, 5.41) is 10.2. The van der Waals surface area contributed by atoms with Crippen molar-refractivity contribution in [3.8, 4) is 0 Å². The topological polar surface area (TPSA) is 43.1 Å². The highest BCUT2D eigenvalue weighted by Gasteiger charge is 2.07. The maximum absolute atomic E-state index is 10.2. The fraction of sp³-hybridized carbons (Fsp3) is 0. The van der Waals surface area contributed by atoms with Crippen LogP contribution in [0.25, 0.3) is 0 Å². The highest BCUT2D eigenvalue weighted by Crippen LogP contribution is 2.22. The van der Waals surface area contributed by atoms with Crippen LogP contribution in [0, 0.1) is 13.7 Å². The molecule has 0 aliphatic carbocycles. The van der Waals surface area contributed by atoms with Crippen molar-refractivity contribution in [3.05, 3.63) is 72.8 Å². The number of benzene rings is 2. The lowest BCUT2D eigenvalue weighted by Crippen LogP contribution is -1.87. The van der Waals surface area contributed by atoms with Crippen LogP contribution < -0.4 is 0 Å². The highest BCUT2D eigenvalue weighted by molar-refractivity contribution is 14.1. The SMILES string of the molecule is Ic1ccccc1.O=[N+]([O-])c1ccccc1Br. The minimum absolute atomic E-state index is 0.0995. The lowest BCUT2D eigenvalue weighted by atomic mass is 10.3. The third-order valence-corrected chi connectivity index (χ3v) is 3.17. The Morgan fingerprint density at radius 2 is 1.53 bits per heavy atom. The minimum atomic E-state index is -0.427. The van der Waals surface area contributed by atoms with Crippen LogP contribution in [0.15, 0.2) is 59.1 Å². The second kappa shape index (κ2) is 7.39. The molecule has 0 saturated carbocycles. The predicted molar refractivity (Wildman–Crippen MR) is 80.0 cm³/mol. The first-order valence-electron chi connectivity index (χ1n) is 4.70. The van der Waals surface area contributed by atoms with Gasteiger partial charge in [0, 0.05) is 9.64 Å². The molecular formula is C12H9BrINO2. The van der Waals surface area contributed by atoms with Crippen molar-refractivity contribution < 1.29 is 4.92 Å². The summed E-state index contributed by atoms with van der Waals surface area (Å²) >= 11 is 5.33. The van der Waals surface area contributed by atoms with Gasteiger partial charge in [0.05, 0.1) is 9.40 Å². The van der Waals surface area contributed by atoms with Gasteiger partial charge >= 0.3 is 0 Å². The molecule has 0 aromatic heterocycles. The van der Waals surface area contributed by atoms with Crippen molar-refractivity contribution in [2.24, 2.45) is 0 Å². The Labute approximate surface area is 121 Å². The van der Waals surface area contributed by atoms with Crippen molar-refractivity contribution >= 4 is 44.2 Å². The van der Waals surface area contributed by atoms with Crippen molar-refractivity contribution in [2.45, 2.75) is 0 Å².